The van der Waals surface area contributed by atoms with Crippen molar-refractivity contribution in [3.05, 3.63) is 51.6 Å². The number of nitrogens with zero attached hydrogens (tertiary/aromatic N) is 3. The first-order chi connectivity index (χ1) is 11.5. The molecule has 3 aromatic rings. The summed E-state index contributed by atoms with van der Waals surface area (Å²) >= 11 is 1.33. The van der Waals surface area contributed by atoms with E-state index in [0.29, 0.717) is 27.2 Å². The number of ketones is 1. The van der Waals surface area contributed by atoms with Crippen molar-refractivity contribution in [3.8, 4) is 11.8 Å². The SMILES string of the molecule is COc1ccc2nc(C)cc(C(=O)[C@@H](C#N)c3nc(C)cs3)c2c1. The number of Topliss-reactive ketones (excluding diaryl/α,β-unsaturated/α-hetero) is 1. The Kier molecular flexibility index (Phi) is 4.28. The van der Waals surface area contributed by atoms with Crippen LogP contribution in [0.5, 0.6) is 5.75 Å². The van der Waals surface area contributed by atoms with Gasteiger partial charge in [-0.3, -0.25) is 9.78 Å². The molecule has 0 aliphatic rings. The number of thiazole rings is 1. The van der Waals surface area contributed by atoms with Crippen LogP contribution in [0.15, 0.2) is 29.6 Å². The maximum Gasteiger partial charge on any atom is 0.187 e. The highest BCUT2D eigenvalue weighted by Crippen LogP contribution is 2.29. The molecule has 6 heteroatoms. The van der Waals surface area contributed by atoms with Gasteiger partial charge in [0.1, 0.15) is 10.8 Å². The number of nitriles is 1. The van der Waals surface area contributed by atoms with E-state index < -0.39 is 5.92 Å². The van der Waals surface area contributed by atoms with Gasteiger partial charge in [0, 0.05) is 27.7 Å². The van der Waals surface area contributed by atoms with Crippen molar-refractivity contribution in [2.45, 2.75) is 19.8 Å². The van der Waals surface area contributed by atoms with E-state index in [1.54, 1.807) is 25.3 Å². The van der Waals surface area contributed by atoms with Crippen LogP contribution in [0.3, 0.4) is 0 Å². The molecular weight excluding hydrogens is 322 g/mol. The molecule has 0 fully saturated rings. The molecule has 2 aromatic heterocycles. The van der Waals surface area contributed by atoms with Crippen LogP contribution >= 0.6 is 11.3 Å². The Morgan fingerprint density at radius 1 is 1.25 bits per heavy atom. The molecule has 0 unspecified atom stereocenters. The van der Waals surface area contributed by atoms with Gasteiger partial charge in [-0.15, -0.1) is 11.3 Å². The third-order valence-corrected chi connectivity index (χ3v) is 4.71. The summed E-state index contributed by atoms with van der Waals surface area (Å²) in [5.41, 5.74) is 2.70. The van der Waals surface area contributed by atoms with E-state index in [0.717, 1.165) is 11.4 Å². The zero-order chi connectivity index (χ0) is 17.3. The first-order valence-corrected chi connectivity index (χ1v) is 8.22. The summed E-state index contributed by atoms with van der Waals surface area (Å²) < 4.78 is 5.25. The lowest BCUT2D eigenvalue weighted by atomic mass is 9.95. The Hall–Kier alpha value is -2.78. The van der Waals surface area contributed by atoms with Crippen molar-refractivity contribution in [2.24, 2.45) is 0 Å². The van der Waals surface area contributed by atoms with Crippen molar-refractivity contribution in [1.82, 2.24) is 9.97 Å². The second kappa shape index (κ2) is 6.38. The van der Waals surface area contributed by atoms with Gasteiger partial charge in [-0.25, -0.2) is 4.98 Å². The molecule has 1 aromatic carbocycles. The maximum atomic E-state index is 13.0. The molecule has 0 N–H and O–H groups in total. The van der Waals surface area contributed by atoms with Crippen LogP contribution in [0.1, 0.15) is 32.7 Å². The van der Waals surface area contributed by atoms with Crippen molar-refractivity contribution < 1.29 is 9.53 Å². The molecule has 0 saturated heterocycles. The number of carbonyl (C=O) groups excluding carboxylic acids is 1. The summed E-state index contributed by atoms with van der Waals surface area (Å²) in [5, 5.41) is 12.6. The minimum Gasteiger partial charge on any atom is -0.497 e. The summed E-state index contributed by atoms with van der Waals surface area (Å²) in [6, 6.07) is 9.19. The van der Waals surface area contributed by atoms with Gasteiger partial charge in [-0.1, -0.05) is 0 Å². The van der Waals surface area contributed by atoms with Gasteiger partial charge < -0.3 is 4.74 Å². The van der Waals surface area contributed by atoms with Gasteiger partial charge in [0.25, 0.3) is 0 Å². The normalized spacial score (nSPS) is 11.9. The summed E-state index contributed by atoms with van der Waals surface area (Å²) in [6.45, 7) is 3.67. The number of rotatable bonds is 4. The summed E-state index contributed by atoms with van der Waals surface area (Å²) in [4.78, 5) is 21.8. The Labute approximate surface area is 143 Å². The monoisotopic (exact) mass is 337 g/mol. The lowest BCUT2D eigenvalue weighted by Crippen LogP contribution is -2.12. The summed E-state index contributed by atoms with van der Waals surface area (Å²) in [6.07, 6.45) is 0. The molecule has 5 nitrogen and oxygen atoms in total. The molecule has 0 radical (unpaired) electrons. The highest BCUT2D eigenvalue weighted by Gasteiger charge is 2.26. The van der Waals surface area contributed by atoms with Gasteiger partial charge in [0.05, 0.1) is 18.7 Å². The largest absolute Gasteiger partial charge is 0.497 e. The molecule has 2 heterocycles. The molecule has 120 valence electrons. The van der Waals surface area contributed by atoms with E-state index in [9.17, 15) is 10.1 Å². The van der Waals surface area contributed by atoms with E-state index >= 15 is 0 Å². The van der Waals surface area contributed by atoms with Crippen LogP contribution in [0.4, 0.5) is 0 Å². The topological polar surface area (TPSA) is 75.9 Å². The number of aromatic nitrogens is 2. The second-order valence-electron chi connectivity index (χ2n) is 5.45. The lowest BCUT2D eigenvalue weighted by Gasteiger charge is -2.11. The molecule has 0 aliphatic heterocycles. The minimum absolute atomic E-state index is 0.268. The zero-order valence-electron chi connectivity index (χ0n) is 13.5. The summed E-state index contributed by atoms with van der Waals surface area (Å²) in [7, 11) is 1.57. The quantitative estimate of drug-likeness (QED) is 0.677. The van der Waals surface area contributed by atoms with Crippen molar-refractivity contribution in [1.29, 1.82) is 5.26 Å². The number of fused-ring (bicyclic) bond motifs is 1. The summed E-state index contributed by atoms with van der Waals surface area (Å²) in [5.74, 6) is -0.545. The van der Waals surface area contributed by atoms with Crippen LogP contribution in [-0.2, 0) is 0 Å². The van der Waals surface area contributed by atoms with E-state index in [1.807, 2.05) is 25.3 Å². The molecular formula is C18H15N3O2S. The third kappa shape index (κ3) is 2.86. The number of hydrogen-bond acceptors (Lipinski definition) is 6. The number of aryl methyl sites for hydroxylation is 2. The van der Waals surface area contributed by atoms with E-state index in [-0.39, 0.29) is 5.78 Å². The van der Waals surface area contributed by atoms with Gasteiger partial charge in [-0.05, 0) is 38.1 Å². The van der Waals surface area contributed by atoms with Gasteiger partial charge in [0.2, 0.25) is 0 Å². The molecule has 0 aliphatic carbocycles. The van der Waals surface area contributed by atoms with E-state index in [1.165, 1.54) is 11.3 Å². The standard InChI is InChI=1S/C18H15N3O2S/c1-10-6-14(13-7-12(23-3)4-5-16(13)20-10)17(22)15(8-19)18-21-11(2)9-24-18/h4-7,9,15H,1-3H3/t15-/m1/s1. The fraction of sp³-hybridized carbons (Fsp3) is 0.222. The lowest BCUT2D eigenvalue weighted by molar-refractivity contribution is 0.0980. The smallest absolute Gasteiger partial charge is 0.187 e. The van der Waals surface area contributed by atoms with Gasteiger partial charge >= 0.3 is 0 Å². The van der Waals surface area contributed by atoms with Crippen molar-refractivity contribution in [3.63, 3.8) is 0 Å². The number of carbonyl (C=O) groups is 1. The van der Waals surface area contributed by atoms with Crippen molar-refractivity contribution >= 4 is 28.0 Å². The molecule has 0 spiro atoms. The fourth-order valence-electron chi connectivity index (χ4n) is 2.55. The van der Waals surface area contributed by atoms with Crippen LogP contribution in [0.2, 0.25) is 0 Å². The van der Waals surface area contributed by atoms with E-state index in [2.05, 4.69) is 16.0 Å². The molecule has 1 atom stereocenters. The maximum absolute atomic E-state index is 13.0. The average Bonchev–Trinajstić information content (AvgIpc) is 3.00. The number of pyridine rings is 1. The third-order valence-electron chi connectivity index (χ3n) is 3.68. The predicted molar refractivity (Wildman–Crippen MR) is 92.6 cm³/mol. The first kappa shape index (κ1) is 16.1. The van der Waals surface area contributed by atoms with Crippen LogP contribution < -0.4 is 4.74 Å². The highest BCUT2D eigenvalue weighted by molar-refractivity contribution is 7.10. The highest BCUT2D eigenvalue weighted by atomic mass is 32.1. The minimum atomic E-state index is -0.917. The molecule has 3 rings (SSSR count). The van der Waals surface area contributed by atoms with Crippen molar-refractivity contribution in [2.75, 3.05) is 7.11 Å². The Morgan fingerprint density at radius 3 is 2.67 bits per heavy atom. The molecule has 0 bridgehead atoms. The van der Waals surface area contributed by atoms with Gasteiger partial charge in [-0.2, -0.15) is 5.26 Å². The number of methoxy groups -OCH3 is 1. The number of benzene rings is 1. The van der Waals surface area contributed by atoms with E-state index in [4.69, 9.17) is 4.74 Å². The molecule has 0 saturated carbocycles. The van der Waals surface area contributed by atoms with Crippen LogP contribution in [0, 0.1) is 25.2 Å². The number of hydrogen-bond donors (Lipinski definition) is 0. The van der Waals surface area contributed by atoms with Gasteiger partial charge in [0.15, 0.2) is 11.7 Å². The number of ether oxygens (including phenoxy) is 1. The molecule has 24 heavy (non-hydrogen) atoms. The Bertz CT molecular complexity index is 972. The van der Waals surface area contributed by atoms with Crippen LogP contribution in [-0.4, -0.2) is 22.9 Å². The predicted octanol–water partition coefficient (Wildman–Crippen LogP) is 3.81. The fourth-order valence-corrected chi connectivity index (χ4v) is 3.39. The zero-order valence-corrected chi connectivity index (χ0v) is 14.3. The average molecular weight is 337 g/mol. The molecule has 0 amide bonds. The first-order valence-electron chi connectivity index (χ1n) is 7.34. The second-order valence-corrected chi connectivity index (χ2v) is 6.34. The van der Waals surface area contributed by atoms with Crippen LogP contribution in [0.25, 0.3) is 10.9 Å². The Balaban J connectivity index is 2.16. The Morgan fingerprint density at radius 2 is 2.04 bits per heavy atom.